The minimum Gasteiger partial charge on any atom is -0.336 e. The number of benzene rings is 1. The third-order valence-corrected chi connectivity index (χ3v) is 16.0. The van der Waals surface area contributed by atoms with Crippen molar-refractivity contribution in [1.29, 1.82) is 0 Å². The largest absolute Gasteiger partial charge is 0.336 e. The average molecular weight is 940 g/mol. The highest BCUT2D eigenvalue weighted by atomic mass is 32.2. The van der Waals surface area contributed by atoms with Crippen LogP contribution in [0.1, 0.15) is 75.8 Å². The Kier molecular flexibility index (Phi) is 13.7. The Hall–Kier alpha value is -5.37. The Bertz CT molecular complexity index is 2560. The smallest absolute Gasteiger partial charge is 0.272 e. The van der Waals surface area contributed by atoms with Crippen molar-refractivity contribution in [2.75, 3.05) is 56.4 Å². The van der Waals surface area contributed by atoms with Gasteiger partial charge in [0.1, 0.15) is 5.69 Å². The number of pyridine rings is 1. The fourth-order valence-electron chi connectivity index (χ4n) is 7.44. The molecule has 4 aromatic rings. The fraction of sp³-hybridized carbons (Fsp3) is 0.400. The van der Waals surface area contributed by atoms with E-state index in [4.69, 9.17) is 4.98 Å². The normalized spacial score (nSPS) is 17.7. The molecule has 19 heteroatoms. The number of nitrogens with zero attached hydrogens (tertiary/aromatic N) is 7. The molecule has 4 fully saturated rings. The number of carbonyl (C=O) groups excluding carboxylic acids is 6. The van der Waals surface area contributed by atoms with Crippen LogP contribution < -0.4 is 10.6 Å². The molecular formula is C45H49N9O6S4. The average Bonchev–Trinajstić information content (AvgIpc) is 4.23. The summed E-state index contributed by atoms with van der Waals surface area (Å²) >= 11 is 5.62. The molecule has 1 aromatic carbocycles. The van der Waals surface area contributed by atoms with Gasteiger partial charge in [0.2, 0.25) is 23.6 Å². The van der Waals surface area contributed by atoms with Crippen LogP contribution in [0.2, 0.25) is 0 Å². The molecule has 4 aliphatic rings. The van der Waals surface area contributed by atoms with E-state index < -0.39 is 0 Å². The third kappa shape index (κ3) is 10.6. The standard InChI is InChI=1S/C45H49N9O6S4/c1-6-36(55)51-13-15-52(16-14-51)42(60)33-21-35(27(4)22-46-33)62-43-32(48-45(64-43)50-40(58)30-9-10-30)11-12-37(56)54-18-17-53(24-28(54)5)41(59)31-20-34(26(3)19-25(31)2)61-38-23-47-44(63-38)49-39(57)29-7-8-29/h6,11-12,19-23,28-30H,1,7-10,13-18,24H2,2-5H3,(H,47,49,57)(H,48,50,58)/t28-/m1/s1. The Balaban J connectivity index is 0.926. The molecule has 8 rings (SSSR count). The minimum atomic E-state index is -0.269. The van der Waals surface area contributed by atoms with Gasteiger partial charge < -0.3 is 30.2 Å². The van der Waals surface area contributed by atoms with Crippen LogP contribution in [0.3, 0.4) is 0 Å². The van der Waals surface area contributed by atoms with Crippen LogP contribution in [0.15, 0.2) is 67.5 Å². The molecule has 3 aromatic heterocycles. The maximum Gasteiger partial charge on any atom is 0.272 e. The van der Waals surface area contributed by atoms with Crippen molar-refractivity contribution in [2.24, 2.45) is 11.8 Å². The van der Waals surface area contributed by atoms with Gasteiger partial charge in [0, 0.05) is 91.3 Å². The summed E-state index contributed by atoms with van der Waals surface area (Å²) in [5, 5.41) is 6.83. The van der Waals surface area contributed by atoms with E-state index in [0.717, 1.165) is 60.6 Å². The van der Waals surface area contributed by atoms with Gasteiger partial charge in [-0.3, -0.25) is 33.8 Å². The van der Waals surface area contributed by atoms with Gasteiger partial charge in [0.25, 0.3) is 11.8 Å². The molecule has 15 nitrogen and oxygen atoms in total. The quantitative estimate of drug-likeness (QED) is 0.135. The van der Waals surface area contributed by atoms with Crippen molar-refractivity contribution >= 4 is 98.0 Å². The number of thiazole rings is 2. The molecule has 0 radical (unpaired) electrons. The second-order valence-electron chi connectivity index (χ2n) is 16.5. The van der Waals surface area contributed by atoms with E-state index in [-0.39, 0.29) is 59.0 Å². The van der Waals surface area contributed by atoms with Gasteiger partial charge in [-0.15, -0.1) is 0 Å². The number of carbonyl (C=O) groups is 6. The van der Waals surface area contributed by atoms with Crippen LogP contribution in [0.5, 0.6) is 0 Å². The predicted molar refractivity (Wildman–Crippen MR) is 249 cm³/mol. The molecule has 0 bridgehead atoms. The predicted octanol–water partition coefficient (Wildman–Crippen LogP) is 6.78. The molecule has 0 spiro atoms. The van der Waals surface area contributed by atoms with E-state index >= 15 is 0 Å². The van der Waals surface area contributed by atoms with Gasteiger partial charge in [-0.25, -0.2) is 9.97 Å². The van der Waals surface area contributed by atoms with E-state index in [0.29, 0.717) is 67.3 Å². The zero-order chi connectivity index (χ0) is 45.2. The van der Waals surface area contributed by atoms with E-state index in [9.17, 15) is 28.8 Å². The lowest BCUT2D eigenvalue weighted by Crippen LogP contribution is -2.55. The zero-order valence-electron chi connectivity index (χ0n) is 36.0. The maximum absolute atomic E-state index is 14.0. The fourth-order valence-corrected chi connectivity index (χ4v) is 11.5. The van der Waals surface area contributed by atoms with E-state index in [1.807, 2.05) is 39.8 Å². The number of anilines is 2. The lowest BCUT2D eigenvalue weighted by molar-refractivity contribution is -0.130. The number of amides is 6. The monoisotopic (exact) mass is 939 g/mol. The Morgan fingerprint density at radius 3 is 2.05 bits per heavy atom. The Morgan fingerprint density at radius 1 is 0.719 bits per heavy atom. The van der Waals surface area contributed by atoms with Gasteiger partial charge in [0.05, 0.1) is 20.3 Å². The summed E-state index contributed by atoms with van der Waals surface area (Å²) in [4.78, 5) is 101. The highest BCUT2D eigenvalue weighted by Crippen LogP contribution is 2.41. The summed E-state index contributed by atoms with van der Waals surface area (Å²) in [6, 6.07) is 5.43. The van der Waals surface area contributed by atoms with Crippen molar-refractivity contribution in [3.8, 4) is 0 Å². The van der Waals surface area contributed by atoms with Gasteiger partial charge in [0.15, 0.2) is 10.3 Å². The molecule has 2 saturated carbocycles. The molecule has 6 amide bonds. The Morgan fingerprint density at radius 2 is 1.38 bits per heavy atom. The molecule has 5 heterocycles. The van der Waals surface area contributed by atoms with Crippen LogP contribution in [0.4, 0.5) is 10.3 Å². The number of nitrogens with one attached hydrogen (secondary N) is 2. The van der Waals surface area contributed by atoms with Crippen molar-refractivity contribution in [1.82, 2.24) is 34.6 Å². The van der Waals surface area contributed by atoms with Crippen LogP contribution in [0, 0.1) is 32.6 Å². The molecule has 0 unspecified atom stereocenters. The van der Waals surface area contributed by atoms with Gasteiger partial charge in [-0.1, -0.05) is 58.8 Å². The molecule has 2 saturated heterocycles. The van der Waals surface area contributed by atoms with Gasteiger partial charge in [-0.2, -0.15) is 0 Å². The molecule has 334 valence electrons. The molecule has 1 atom stereocenters. The number of aryl methyl sites for hydroxylation is 3. The zero-order valence-corrected chi connectivity index (χ0v) is 39.3. The highest BCUT2D eigenvalue weighted by molar-refractivity contribution is 8.01. The van der Waals surface area contributed by atoms with E-state index in [2.05, 4.69) is 27.2 Å². The lowest BCUT2D eigenvalue weighted by atomic mass is 10.0. The van der Waals surface area contributed by atoms with E-state index in [1.54, 1.807) is 44.1 Å². The number of piperazine rings is 2. The first-order valence-corrected chi connectivity index (χ1v) is 24.5. The first kappa shape index (κ1) is 45.2. The summed E-state index contributed by atoms with van der Waals surface area (Å²) in [6.07, 6.45) is 11.3. The van der Waals surface area contributed by atoms with Gasteiger partial charge in [-0.05, 0) is 94.4 Å². The number of hydrogen-bond acceptors (Lipinski definition) is 13. The van der Waals surface area contributed by atoms with E-state index in [1.165, 1.54) is 58.3 Å². The molecular weight excluding hydrogens is 891 g/mol. The highest BCUT2D eigenvalue weighted by Gasteiger charge is 2.33. The summed E-state index contributed by atoms with van der Waals surface area (Å²) < 4.78 is 1.64. The van der Waals surface area contributed by atoms with Crippen molar-refractivity contribution in [2.45, 2.75) is 77.6 Å². The van der Waals surface area contributed by atoms with Crippen LogP contribution in [0.25, 0.3) is 6.08 Å². The minimum absolute atomic E-state index is 0.0134. The second kappa shape index (κ2) is 19.4. The summed E-state index contributed by atoms with van der Waals surface area (Å²) in [5.74, 6) is -0.720. The third-order valence-electron chi connectivity index (χ3n) is 11.5. The number of aromatic nitrogens is 3. The molecule has 2 aliphatic carbocycles. The van der Waals surface area contributed by atoms with Crippen molar-refractivity contribution in [3.63, 3.8) is 0 Å². The summed E-state index contributed by atoms with van der Waals surface area (Å²) in [6.45, 7) is 14.0. The number of rotatable bonds is 13. The number of hydrogen-bond donors (Lipinski definition) is 2. The van der Waals surface area contributed by atoms with Crippen molar-refractivity contribution in [3.05, 3.63) is 83.0 Å². The van der Waals surface area contributed by atoms with Crippen LogP contribution in [-0.2, 0) is 19.2 Å². The molecule has 2 aliphatic heterocycles. The Labute approximate surface area is 388 Å². The second-order valence-corrected chi connectivity index (χ2v) is 21.1. The SMILES string of the molecule is C=CC(=O)N1CCN(C(=O)c2cc(Sc3sc(NC(=O)C4CC4)nc3C=CC(=O)N3CCN(C(=O)c4cc(Sc5cnc(NC(=O)C6CC6)s5)c(C)cc4C)C[C@H]3C)c(C)cn2)CC1. The summed E-state index contributed by atoms with van der Waals surface area (Å²) in [5.41, 5.74) is 4.13. The first-order chi connectivity index (χ1) is 30.7. The maximum atomic E-state index is 14.0. The summed E-state index contributed by atoms with van der Waals surface area (Å²) in [7, 11) is 0. The molecule has 2 N–H and O–H groups in total. The lowest BCUT2D eigenvalue weighted by Gasteiger charge is -2.39. The van der Waals surface area contributed by atoms with Crippen LogP contribution >= 0.6 is 46.2 Å². The first-order valence-electron chi connectivity index (χ1n) is 21.2. The van der Waals surface area contributed by atoms with Crippen molar-refractivity contribution < 1.29 is 28.8 Å². The topological polar surface area (TPSA) is 178 Å². The van der Waals surface area contributed by atoms with Crippen LogP contribution in [-0.4, -0.2) is 122 Å². The van der Waals surface area contributed by atoms with Gasteiger partial charge >= 0.3 is 0 Å². The molecule has 64 heavy (non-hydrogen) atoms.